The molecule has 0 spiro atoms. The molecule has 5 heteroatoms. The predicted octanol–water partition coefficient (Wildman–Crippen LogP) is 8.09. The van der Waals surface area contributed by atoms with Crippen LogP contribution in [0.4, 0.5) is 10.1 Å². The summed E-state index contributed by atoms with van der Waals surface area (Å²) >= 11 is 0. The molecule has 3 aromatic carbocycles. The fraction of sp³-hybridized carbons (Fsp3) is 0.314. The van der Waals surface area contributed by atoms with Crippen LogP contribution in [0.15, 0.2) is 84.7 Å². The molecule has 0 aliphatic carbocycles. The third kappa shape index (κ3) is 6.95. The quantitative estimate of drug-likeness (QED) is 0.242. The zero-order valence-corrected chi connectivity index (χ0v) is 24.6. The van der Waals surface area contributed by atoms with E-state index in [4.69, 9.17) is 4.74 Å². The number of aryl methyl sites for hydroxylation is 3. The van der Waals surface area contributed by atoms with Crippen molar-refractivity contribution in [2.45, 2.75) is 53.1 Å². The van der Waals surface area contributed by atoms with Crippen LogP contribution in [0.1, 0.15) is 59.7 Å². The Balaban J connectivity index is 1.68. The topological polar surface area (TPSA) is 36.5 Å². The van der Waals surface area contributed by atoms with E-state index in [1.165, 1.54) is 22.3 Å². The summed E-state index contributed by atoms with van der Waals surface area (Å²) in [7, 11) is 3.80. The zero-order chi connectivity index (χ0) is 28.6. The van der Waals surface area contributed by atoms with Gasteiger partial charge in [-0.2, -0.15) is 0 Å². The van der Waals surface area contributed by atoms with Gasteiger partial charge in [0, 0.05) is 32.0 Å². The first-order valence-electron chi connectivity index (χ1n) is 14.1. The average Bonchev–Trinajstić information content (AvgIpc) is 2.94. The highest BCUT2D eigenvalue weighted by Crippen LogP contribution is 2.39. The third-order valence-corrected chi connectivity index (χ3v) is 7.36. The lowest BCUT2D eigenvalue weighted by atomic mass is 9.88. The second-order valence-corrected chi connectivity index (χ2v) is 10.5. The number of nitrogens with one attached hydrogen (secondary N) is 2. The van der Waals surface area contributed by atoms with Gasteiger partial charge in [0.25, 0.3) is 0 Å². The summed E-state index contributed by atoms with van der Waals surface area (Å²) in [4.78, 5) is 2.21. The highest BCUT2D eigenvalue weighted by molar-refractivity contribution is 5.76. The summed E-state index contributed by atoms with van der Waals surface area (Å²) in [6, 6.07) is 18.4. The van der Waals surface area contributed by atoms with Crippen LogP contribution in [-0.2, 0) is 13.0 Å². The monoisotopic (exact) mass is 539 g/mol. The molecule has 0 amide bonds. The third-order valence-electron chi connectivity index (χ3n) is 7.36. The number of benzene rings is 3. The Morgan fingerprint density at radius 2 is 1.77 bits per heavy atom. The Morgan fingerprint density at radius 1 is 0.975 bits per heavy atom. The molecule has 0 aromatic heterocycles. The van der Waals surface area contributed by atoms with E-state index < -0.39 is 0 Å². The normalized spacial score (nSPS) is 15.2. The molecule has 1 heterocycles. The van der Waals surface area contributed by atoms with E-state index >= 15 is 0 Å². The molecule has 2 N–H and O–H groups in total. The van der Waals surface area contributed by atoms with Crippen LogP contribution in [0.25, 0.3) is 5.57 Å². The molecular weight excluding hydrogens is 497 g/mol. The Kier molecular flexibility index (Phi) is 9.70. The van der Waals surface area contributed by atoms with Gasteiger partial charge in [-0.1, -0.05) is 49.8 Å². The van der Waals surface area contributed by atoms with E-state index in [-0.39, 0.29) is 11.9 Å². The van der Waals surface area contributed by atoms with Crippen LogP contribution in [0.2, 0.25) is 0 Å². The van der Waals surface area contributed by atoms with Gasteiger partial charge in [0.05, 0.1) is 18.8 Å². The molecule has 0 radical (unpaired) electrons. The Morgan fingerprint density at radius 3 is 2.48 bits per heavy atom. The minimum Gasteiger partial charge on any atom is -0.497 e. The van der Waals surface area contributed by atoms with Gasteiger partial charge in [0.1, 0.15) is 11.6 Å². The molecular formula is C35H42FN3O. The summed E-state index contributed by atoms with van der Waals surface area (Å²) in [5, 5.41) is 7.14. The van der Waals surface area contributed by atoms with Crippen molar-refractivity contribution in [3.05, 3.63) is 124 Å². The van der Waals surface area contributed by atoms with Crippen molar-refractivity contribution in [1.29, 1.82) is 0 Å². The second-order valence-electron chi connectivity index (χ2n) is 10.5. The first-order valence-corrected chi connectivity index (χ1v) is 14.1. The molecule has 0 saturated carbocycles. The van der Waals surface area contributed by atoms with Crippen molar-refractivity contribution in [3.63, 3.8) is 0 Å². The number of halogens is 1. The maximum Gasteiger partial charge on any atom is 0.126 e. The minimum absolute atomic E-state index is 0.0425. The van der Waals surface area contributed by atoms with Crippen molar-refractivity contribution >= 4 is 11.3 Å². The van der Waals surface area contributed by atoms with Crippen molar-refractivity contribution in [2.24, 2.45) is 0 Å². The van der Waals surface area contributed by atoms with Crippen molar-refractivity contribution in [3.8, 4) is 5.75 Å². The van der Waals surface area contributed by atoms with E-state index in [0.717, 1.165) is 47.6 Å². The Hall–Kier alpha value is -3.99. The summed E-state index contributed by atoms with van der Waals surface area (Å²) in [6.07, 6.45) is 10.6. The van der Waals surface area contributed by atoms with E-state index in [0.29, 0.717) is 12.1 Å². The lowest BCUT2D eigenvalue weighted by Crippen LogP contribution is -2.27. The number of methoxy groups -OCH3 is 1. The van der Waals surface area contributed by atoms with E-state index in [1.54, 1.807) is 13.2 Å². The molecule has 3 aromatic rings. The number of allylic oxidation sites excluding steroid dienone is 2. The molecule has 210 valence electrons. The average molecular weight is 540 g/mol. The fourth-order valence-electron chi connectivity index (χ4n) is 5.30. The summed E-state index contributed by atoms with van der Waals surface area (Å²) in [5.41, 5.74) is 9.83. The van der Waals surface area contributed by atoms with Crippen LogP contribution in [0.5, 0.6) is 5.75 Å². The molecule has 0 bridgehead atoms. The van der Waals surface area contributed by atoms with Crippen LogP contribution >= 0.6 is 0 Å². The standard InChI is InChI=1S/C35H42FN3O/c1-7-9-15-37-34-14-12-28(17-25(34)4)32-21-30(23-39(5)35(32)29-11-13-33(36)24(3)16-29)38-22-27-18-26(10-8-2)19-31(20-27)40-6/h7,9,11-14,16-21,23,35,37-38H,8,10,15,22H2,1-6H3/b9-7+. The number of nitrogens with zero attached hydrogens (tertiary/aromatic N) is 1. The number of hydrogen-bond acceptors (Lipinski definition) is 4. The predicted molar refractivity (Wildman–Crippen MR) is 166 cm³/mol. The fourth-order valence-corrected chi connectivity index (χ4v) is 5.30. The molecule has 0 saturated heterocycles. The maximum absolute atomic E-state index is 14.2. The lowest BCUT2D eigenvalue weighted by Gasteiger charge is -2.35. The lowest BCUT2D eigenvalue weighted by molar-refractivity contribution is 0.393. The van der Waals surface area contributed by atoms with Crippen LogP contribution < -0.4 is 15.4 Å². The summed E-state index contributed by atoms with van der Waals surface area (Å²) in [6.45, 7) is 9.66. The van der Waals surface area contributed by atoms with Gasteiger partial charge in [0.15, 0.2) is 0 Å². The molecule has 0 fully saturated rings. The maximum atomic E-state index is 14.2. The first-order chi connectivity index (χ1) is 19.3. The zero-order valence-electron chi connectivity index (χ0n) is 24.6. The number of anilines is 1. The van der Waals surface area contributed by atoms with E-state index in [1.807, 2.05) is 32.1 Å². The molecule has 1 aliphatic heterocycles. The van der Waals surface area contributed by atoms with Crippen molar-refractivity contribution in [1.82, 2.24) is 10.2 Å². The summed E-state index contributed by atoms with van der Waals surface area (Å²) < 4.78 is 19.8. The van der Waals surface area contributed by atoms with E-state index in [9.17, 15) is 4.39 Å². The number of likely N-dealkylation sites (N-methyl/N-ethyl adjacent to an activating group) is 1. The van der Waals surface area contributed by atoms with Gasteiger partial charge < -0.3 is 20.3 Å². The van der Waals surface area contributed by atoms with Gasteiger partial charge in [-0.3, -0.25) is 0 Å². The Labute approximate surface area is 239 Å². The summed E-state index contributed by atoms with van der Waals surface area (Å²) in [5.74, 6) is 0.706. The second kappa shape index (κ2) is 13.4. The molecule has 4 rings (SSSR count). The number of rotatable bonds is 11. The molecule has 1 atom stereocenters. The first kappa shape index (κ1) is 29.0. The Bertz CT molecular complexity index is 1420. The number of ether oxygens (including phenoxy) is 1. The van der Waals surface area contributed by atoms with Gasteiger partial charge in [-0.05, 0) is 103 Å². The van der Waals surface area contributed by atoms with Gasteiger partial charge in [0.2, 0.25) is 0 Å². The highest BCUT2D eigenvalue weighted by atomic mass is 19.1. The molecule has 40 heavy (non-hydrogen) atoms. The SMILES string of the molecule is C/C=C/CNc1ccc(C2=CC(NCc3cc(CCC)cc(OC)c3)=CN(C)C2c2ccc(F)c(C)c2)cc1C. The largest absolute Gasteiger partial charge is 0.497 e. The minimum atomic E-state index is -0.182. The molecule has 4 nitrogen and oxygen atoms in total. The van der Waals surface area contributed by atoms with Crippen LogP contribution in [0, 0.1) is 19.7 Å². The van der Waals surface area contributed by atoms with Crippen molar-refractivity contribution in [2.75, 3.05) is 26.0 Å². The van der Waals surface area contributed by atoms with Gasteiger partial charge in [-0.15, -0.1) is 0 Å². The molecule has 1 unspecified atom stereocenters. The van der Waals surface area contributed by atoms with E-state index in [2.05, 4.69) is 91.2 Å². The highest BCUT2D eigenvalue weighted by Gasteiger charge is 2.26. The molecule has 1 aliphatic rings. The van der Waals surface area contributed by atoms with Crippen LogP contribution in [0.3, 0.4) is 0 Å². The van der Waals surface area contributed by atoms with Crippen molar-refractivity contribution < 1.29 is 9.13 Å². The van der Waals surface area contributed by atoms with Gasteiger partial charge >= 0.3 is 0 Å². The smallest absolute Gasteiger partial charge is 0.126 e. The number of hydrogen-bond donors (Lipinski definition) is 2. The van der Waals surface area contributed by atoms with Gasteiger partial charge in [-0.25, -0.2) is 4.39 Å². The van der Waals surface area contributed by atoms with Crippen LogP contribution in [-0.4, -0.2) is 25.6 Å².